The van der Waals surface area contributed by atoms with E-state index in [1.165, 1.54) is 5.56 Å². The third kappa shape index (κ3) is 4.04. The predicted molar refractivity (Wildman–Crippen MR) is 102 cm³/mol. The van der Waals surface area contributed by atoms with Gasteiger partial charge < -0.3 is 9.47 Å². The number of nitrogens with zero attached hydrogens (tertiary/aromatic N) is 1. The molecule has 0 unspecified atom stereocenters. The predicted octanol–water partition coefficient (Wildman–Crippen LogP) is 3.66. The lowest BCUT2D eigenvalue weighted by Crippen LogP contribution is -2.42. The molecule has 1 atom stereocenters. The highest BCUT2D eigenvalue weighted by atomic mass is 16.6. The van der Waals surface area contributed by atoms with Gasteiger partial charge in [-0.15, -0.1) is 0 Å². The van der Waals surface area contributed by atoms with Crippen molar-refractivity contribution in [3.05, 3.63) is 59.7 Å². The molecule has 1 heterocycles. The zero-order valence-corrected chi connectivity index (χ0v) is 15.6. The van der Waals surface area contributed by atoms with Gasteiger partial charge in [0.2, 0.25) is 6.10 Å². The number of nitrogens with one attached hydrogen (secondary N) is 1. The molecule has 26 heavy (non-hydrogen) atoms. The van der Waals surface area contributed by atoms with E-state index in [9.17, 15) is 4.79 Å². The first kappa shape index (κ1) is 18.0. The van der Waals surface area contributed by atoms with Crippen molar-refractivity contribution >= 4 is 11.6 Å². The number of para-hydroxylation sites is 2. The minimum Gasteiger partial charge on any atom is -0.485 e. The maximum atomic E-state index is 12.3. The van der Waals surface area contributed by atoms with Crippen LogP contribution in [0.25, 0.3) is 0 Å². The van der Waals surface area contributed by atoms with Gasteiger partial charge in [0.15, 0.2) is 11.5 Å². The molecule has 5 nitrogen and oxygen atoms in total. The van der Waals surface area contributed by atoms with E-state index in [4.69, 9.17) is 9.47 Å². The lowest BCUT2D eigenvalue weighted by atomic mass is 9.86. The fraction of sp³-hybridized carbons (Fsp3) is 0.333. The quantitative estimate of drug-likeness (QED) is 0.677. The summed E-state index contributed by atoms with van der Waals surface area (Å²) in [6.45, 7) is 8.55. The normalized spacial score (nSPS) is 16.9. The van der Waals surface area contributed by atoms with Crippen LogP contribution in [0.15, 0.2) is 53.6 Å². The average Bonchev–Trinajstić information content (AvgIpc) is 2.64. The van der Waals surface area contributed by atoms with Gasteiger partial charge in [0.25, 0.3) is 5.91 Å². The van der Waals surface area contributed by atoms with Crippen molar-refractivity contribution in [1.82, 2.24) is 5.43 Å². The van der Waals surface area contributed by atoms with Gasteiger partial charge >= 0.3 is 0 Å². The van der Waals surface area contributed by atoms with Crippen LogP contribution >= 0.6 is 0 Å². The highest BCUT2D eigenvalue weighted by Crippen LogP contribution is 2.30. The van der Waals surface area contributed by atoms with Crippen LogP contribution in [0.1, 0.15) is 38.8 Å². The van der Waals surface area contributed by atoms with Crippen LogP contribution in [0, 0.1) is 0 Å². The Kier molecular flexibility index (Phi) is 4.98. The molecule has 0 aromatic heterocycles. The SMILES string of the molecule is C/C(=N/NC(=O)[C@@H]1COc2ccccc2O1)c1ccc(C(C)(C)C)cc1. The number of carbonyl (C=O) groups is 1. The number of carbonyl (C=O) groups excluding carboxylic acids is 1. The molecule has 2 aromatic carbocycles. The van der Waals surface area contributed by atoms with E-state index in [1.807, 2.05) is 37.3 Å². The van der Waals surface area contributed by atoms with Crippen LogP contribution in [0.3, 0.4) is 0 Å². The first-order valence-corrected chi connectivity index (χ1v) is 8.68. The van der Waals surface area contributed by atoms with E-state index in [0.29, 0.717) is 11.5 Å². The van der Waals surface area contributed by atoms with Gasteiger partial charge in [-0.3, -0.25) is 4.79 Å². The van der Waals surface area contributed by atoms with Crippen LogP contribution in [0.2, 0.25) is 0 Å². The Bertz CT molecular complexity index is 820. The smallest absolute Gasteiger partial charge is 0.284 e. The van der Waals surface area contributed by atoms with Crippen molar-refractivity contribution < 1.29 is 14.3 Å². The Morgan fingerprint density at radius 1 is 1.08 bits per heavy atom. The summed E-state index contributed by atoms with van der Waals surface area (Å²) >= 11 is 0. The second kappa shape index (κ2) is 7.20. The van der Waals surface area contributed by atoms with Gasteiger partial charge in [0, 0.05) is 0 Å². The summed E-state index contributed by atoms with van der Waals surface area (Å²) in [5.74, 6) is 0.887. The van der Waals surface area contributed by atoms with Crippen molar-refractivity contribution in [2.45, 2.75) is 39.2 Å². The summed E-state index contributed by atoms with van der Waals surface area (Å²) < 4.78 is 11.2. The van der Waals surface area contributed by atoms with E-state index in [1.54, 1.807) is 6.07 Å². The summed E-state index contributed by atoms with van der Waals surface area (Å²) in [7, 11) is 0. The lowest BCUT2D eigenvalue weighted by molar-refractivity contribution is -0.130. The Morgan fingerprint density at radius 3 is 2.38 bits per heavy atom. The zero-order valence-electron chi connectivity index (χ0n) is 15.6. The number of hydrogen-bond acceptors (Lipinski definition) is 4. The number of benzene rings is 2. The van der Waals surface area contributed by atoms with Gasteiger partial charge in [-0.25, -0.2) is 5.43 Å². The van der Waals surface area contributed by atoms with Crippen molar-refractivity contribution in [2.24, 2.45) is 5.10 Å². The number of rotatable bonds is 3. The summed E-state index contributed by atoms with van der Waals surface area (Å²) in [6, 6.07) is 15.5. The second-order valence-electron chi connectivity index (χ2n) is 7.36. The Morgan fingerprint density at radius 2 is 1.73 bits per heavy atom. The molecule has 1 aliphatic rings. The van der Waals surface area contributed by atoms with Crippen LogP contribution < -0.4 is 14.9 Å². The molecule has 0 radical (unpaired) electrons. The molecule has 1 N–H and O–H groups in total. The van der Waals surface area contributed by atoms with E-state index < -0.39 is 6.10 Å². The van der Waals surface area contributed by atoms with Gasteiger partial charge in [0.05, 0.1) is 5.71 Å². The van der Waals surface area contributed by atoms with E-state index in [0.717, 1.165) is 11.3 Å². The summed E-state index contributed by atoms with van der Waals surface area (Å²) in [5, 5.41) is 4.20. The molecule has 0 fully saturated rings. The van der Waals surface area contributed by atoms with Crippen LogP contribution in [0.5, 0.6) is 11.5 Å². The second-order valence-corrected chi connectivity index (χ2v) is 7.36. The number of fused-ring (bicyclic) bond motifs is 1. The van der Waals surface area contributed by atoms with E-state index >= 15 is 0 Å². The van der Waals surface area contributed by atoms with Gasteiger partial charge in [0.1, 0.15) is 6.61 Å². The summed E-state index contributed by atoms with van der Waals surface area (Å²) in [6.07, 6.45) is -0.718. The molecule has 3 rings (SSSR count). The fourth-order valence-corrected chi connectivity index (χ4v) is 2.64. The van der Waals surface area contributed by atoms with Crippen molar-refractivity contribution in [1.29, 1.82) is 0 Å². The molecular weight excluding hydrogens is 328 g/mol. The molecular formula is C21H24N2O3. The minimum absolute atomic E-state index is 0.104. The molecule has 5 heteroatoms. The Labute approximate surface area is 154 Å². The zero-order chi connectivity index (χ0) is 18.7. The van der Waals surface area contributed by atoms with E-state index in [2.05, 4.69) is 43.4 Å². The third-order valence-electron chi connectivity index (χ3n) is 4.30. The monoisotopic (exact) mass is 352 g/mol. The number of ether oxygens (including phenoxy) is 2. The van der Waals surface area contributed by atoms with Crippen molar-refractivity contribution in [2.75, 3.05) is 6.61 Å². The van der Waals surface area contributed by atoms with Crippen LogP contribution in [0.4, 0.5) is 0 Å². The molecule has 0 saturated carbocycles. The van der Waals surface area contributed by atoms with Crippen molar-refractivity contribution in [3.8, 4) is 11.5 Å². The minimum atomic E-state index is -0.718. The van der Waals surface area contributed by atoms with Crippen molar-refractivity contribution in [3.63, 3.8) is 0 Å². The fourth-order valence-electron chi connectivity index (χ4n) is 2.64. The molecule has 1 aliphatic heterocycles. The Hall–Kier alpha value is -2.82. The van der Waals surface area contributed by atoms with Crippen LogP contribution in [-0.4, -0.2) is 24.3 Å². The van der Waals surface area contributed by atoms with Crippen LogP contribution in [-0.2, 0) is 10.2 Å². The van der Waals surface area contributed by atoms with Gasteiger partial charge in [-0.1, -0.05) is 57.2 Å². The molecule has 0 bridgehead atoms. The first-order valence-electron chi connectivity index (χ1n) is 8.68. The molecule has 136 valence electrons. The molecule has 2 aromatic rings. The summed E-state index contributed by atoms with van der Waals surface area (Å²) in [4.78, 5) is 12.3. The maximum Gasteiger partial charge on any atom is 0.284 e. The number of hydrazone groups is 1. The number of hydrogen-bond donors (Lipinski definition) is 1. The Balaban J connectivity index is 1.63. The standard InChI is InChI=1S/C21H24N2O3/c1-14(15-9-11-16(12-10-15)21(2,3)4)22-23-20(24)19-13-25-17-7-5-6-8-18(17)26-19/h5-12,19H,13H2,1-4H3,(H,23,24)/b22-14-/t19-/m0/s1. The highest BCUT2D eigenvalue weighted by molar-refractivity contribution is 5.99. The molecule has 0 aliphatic carbocycles. The van der Waals surface area contributed by atoms with Gasteiger partial charge in [-0.05, 0) is 35.6 Å². The summed E-state index contributed by atoms with van der Waals surface area (Å²) in [5.41, 5.74) is 5.62. The largest absolute Gasteiger partial charge is 0.485 e. The maximum absolute atomic E-state index is 12.3. The van der Waals surface area contributed by atoms with Gasteiger partial charge in [-0.2, -0.15) is 5.10 Å². The molecule has 0 spiro atoms. The number of amides is 1. The third-order valence-corrected chi connectivity index (χ3v) is 4.30. The first-order chi connectivity index (χ1) is 12.3. The average molecular weight is 352 g/mol. The molecule has 1 amide bonds. The topological polar surface area (TPSA) is 59.9 Å². The molecule has 0 saturated heterocycles. The lowest BCUT2D eigenvalue weighted by Gasteiger charge is -2.24. The van der Waals surface area contributed by atoms with E-state index in [-0.39, 0.29) is 17.9 Å². The highest BCUT2D eigenvalue weighted by Gasteiger charge is 2.27.